The fourth-order valence-corrected chi connectivity index (χ4v) is 3.12. The van der Waals surface area contributed by atoms with Gasteiger partial charge in [0.2, 0.25) is 0 Å². The lowest BCUT2D eigenvalue weighted by Gasteiger charge is -2.31. The third kappa shape index (κ3) is 2.12. The van der Waals surface area contributed by atoms with Crippen LogP contribution in [-0.2, 0) is 4.74 Å². The van der Waals surface area contributed by atoms with Gasteiger partial charge in [0.1, 0.15) is 0 Å². The first-order valence-corrected chi connectivity index (χ1v) is 7.77. The van der Waals surface area contributed by atoms with Crippen LogP contribution in [0.2, 0.25) is 0 Å². The first-order chi connectivity index (χ1) is 10.7. The fraction of sp³-hybridized carbons (Fsp3) is 0.533. The van der Waals surface area contributed by atoms with Gasteiger partial charge in [-0.25, -0.2) is 4.68 Å². The summed E-state index contributed by atoms with van der Waals surface area (Å²) in [6.45, 7) is 2.67. The first kappa shape index (κ1) is 13.5. The topological polar surface area (TPSA) is 73.4 Å². The first-order valence-electron chi connectivity index (χ1n) is 7.77. The summed E-state index contributed by atoms with van der Waals surface area (Å²) in [6, 6.07) is 4.97. The molecule has 1 aromatic heterocycles. The minimum Gasteiger partial charge on any atom is -0.356 e. The van der Waals surface area contributed by atoms with E-state index in [-0.39, 0.29) is 16.8 Å². The second-order valence-electron chi connectivity index (χ2n) is 5.89. The van der Waals surface area contributed by atoms with Gasteiger partial charge in [0, 0.05) is 31.8 Å². The molecule has 3 heterocycles. The highest BCUT2D eigenvalue weighted by Gasteiger charge is 2.26. The Labute approximate surface area is 127 Å². The van der Waals surface area contributed by atoms with Gasteiger partial charge in [-0.3, -0.25) is 10.1 Å². The zero-order valence-electron chi connectivity index (χ0n) is 12.3. The Morgan fingerprint density at radius 1 is 1.27 bits per heavy atom. The molecule has 116 valence electrons. The molecule has 2 aliphatic heterocycles. The Morgan fingerprint density at radius 2 is 2.14 bits per heavy atom. The van der Waals surface area contributed by atoms with Crippen molar-refractivity contribution in [1.29, 1.82) is 0 Å². The number of nitrogens with zero attached hydrogens (tertiary/aromatic N) is 4. The minimum atomic E-state index is -0.353. The number of hydrogen-bond donors (Lipinski definition) is 0. The van der Waals surface area contributed by atoms with Crippen LogP contribution in [0.1, 0.15) is 31.9 Å². The zero-order chi connectivity index (χ0) is 15.1. The number of anilines is 1. The minimum absolute atomic E-state index is 0.0623. The molecule has 0 saturated carbocycles. The van der Waals surface area contributed by atoms with E-state index in [0.717, 1.165) is 62.1 Å². The number of nitro benzene ring substituents is 1. The third-order valence-corrected chi connectivity index (χ3v) is 4.47. The number of non-ortho nitro benzene ring substituents is 1. The van der Waals surface area contributed by atoms with Gasteiger partial charge in [-0.2, -0.15) is 5.10 Å². The predicted octanol–water partition coefficient (Wildman–Crippen LogP) is 2.85. The van der Waals surface area contributed by atoms with Crippen LogP contribution in [0.3, 0.4) is 0 Å². The molecule has 0 amide bonds. The molecule has 7 heteroatoms. The highest BCUT2D eigenvalue weighted by Crippen LogP contribution is 2.35. The number of benzene rings is 1. The van der Waals surface area contributed by atoms with Crippen molar-refractivity contribution in [3.05, 3.63) is 28.3 Å². The summed E-state index contributed by atoms with van der Waals surface area (Å²) in [7, 11) is 0. The SMILES string of the molecule is O=[N+]([O-])c1ccc2c(c1)c(N1CCC1)nn2C1CCCCO1. The number of nitro groups is 1. The van der Waals surface area contributed by atoms with E-state index in [1.54, 1.807) is 18.2 Å². The van der Waals surface area contributed by atoms with E-state index < -0.39 is 0 Å². The molecule has 22 heavy (non-hydrogen) atoms. The molecule has 0 N–H and O–H groups in total. The van der Waals surface area contributed by atoms with Gasteiger partial charge in [0.25, 0.3) is 5.69 Å². The number of hydrogen-bond acceptors (Lipinski definition) is 5. The Balaban J connectivity index is 1.84. The molecule has 0 radical (unpaired) electrons. The number of rotatable bonds is 3. The lowest BCUT2D eigenvalue weighted by atomic mass is 10.1. The normalized spacial score (nSPS) is 21.8. The zero-order valence-corrected chi connectivity index (χ0v) is 12.3. The molecule has 0 bridgehead atoms. The van der Waals surface area contributed by atoms with Crippen molar-refractivity contribution < 1.29 is 9.66 Å². The largest absolute Gasteiger partial charge is 0.356 e. The molecule has 1 atom stereocenters. The van der Waals surface area contributed by atoms with Gasteiger partial charge in [-0.05, 0) is 31.7 Å². The van der Waals surface area contributed by atoms with Crippen molar-refractivity contribution in [2.75, 3.05) is 24.6 Å². The van der Waals surface area contributed by atoms with Crippen LogP contribution < -0.4 is 4.90 Å². The Kier molecular flexibility index (Phi) is 3.22. The molecule has 0 aliphatic carbocycles. The van der Waals surface area contributed by atoms with Gasteiger partial charge in [-0.15, -0.1) is 0 Å². The van der Waals surface area contributed by atoms with Gasteiger partial charge in [0.05, 0.1) is 15.8 Å². The molecule has 4 rings (SSSR count). The van der Waals surface area contributed by atoms with Crippen molar-refractivity contribution in [1.82, 2.24) is 9.78 Å². The van der Waals surface area contributed by atoms with Crippen molar-refractivity contribution in [3.63, 3.8) is 0 Å². The summed E-state index contributed by atoms with van der Waals surface area (Å²) in [4.78, 5) is 12.9. The van der Waals surface area contributed by atoms with E-state index in [9.17, 15) is 10.1 Å². The second kappa shape index (κ2) is 5.24. The van der Waals surface area contributed by atoms with Crippen LogP contribution in [0.4, 0.5) is 11.5 Å². The molecule has 1 aromatic carbocycles. The third-order valence-electron chi connectivity index (χ3n) is 4.47. The van der Waals surface area contributed by atoms with Crippen LogP contribution in [0.5, 0.6) is 0 Å². The van der Waals surface area contributed by atoms with E-state index >= 15 is 0 Å². The average molecular weight is 302 g/mol. The monoisotopic (exact) mass is 302 g/mol. The van der Waals surface area contributed by atoms with Crippen molar-refractivity contribution in [2.24, 2.45) is 0 Å². The molecule has 2 fully saturated rings. The predicted molar refractivity (Wildman–Crippen MR) is 82.1 cm³/mol. The standard InChI is InChI=1S/C15H18N4O3/c20-19(21)11-5-6-13-12(10-11)15(17-7-3-8-17)16-18(13)14-4-1-2-9-22-14/h5-6,10,14H,1-4,7-9H2. The van der Waals surface area contributed by atoms with Crippen LogP contribution in [0.15, 0.2) is 18.2 Å². The van der Waals surface area contributed by atoms with Crippen molar-refractivity contribution in [3.8, 4) is 0 Å². The van der Waals surface area contributed by atoms with Gasteiger partial charge in [-0.1, -0.05) is 0 Å². The van der Waals surface area contributed by atoms with Crippen molar-refractivity contribution >= 4 is 22.4 Å². The van der Waals surface area contributed by atoms with Crippen LogP contribution >= 0.6 is 0 Å². The molecule has 2 saturated heterocycles. The molecule has 2 aromatic rings. The van der Waals surface area contributed by atoms with E-state index in [2.05, 4.69) is 4.90 Å². The smallest absolute Gasteiger partial charge is 0.270 e. The highest BCUT2D eigenvalue weighted by molar-refractivity contribution is 5.92. The second-order valence-corrected chi connectivity index (χ2v) is 5.89. The lowest BCUT2D eigenvalue weighted by molar-refractivity contribution is -0.384. The Hall–Kier alpha value is -2.15. The molecular formula is C15H18N4O3. The summed E-state index contributed by atoms with van der Waals surface area (Å²) in [6.07, 6.45) is 4.22. The average Bonchev–Trinajstić information content (AvgIpc) is 2.85. The molecule has 7 nitrogen and oxygen atoms in total. The Bertz CT molecular complexity index is 717. The Morgan fingerprint density at radius 3 is 2.77 bits per heavy atom. The summed E-state index contributed by atoms with van der Waals surface area (Å²) in [5, 5.41) is 16.6. The summed E-state index contributed by atoms with van der Waals surface area (Å²) >= 11 is 0. The van der Waals surface area contributed by atoms with Crippen molar-refractivity contribution in [2.45, 2.75) is 31.9 Å². The molecule has 2 aliphatic rings. The van der Waals surface area contributed by atoms with Gasteiger partial charge >= 0.3 is 0 Å². The molecule has 1 unspecified atom stereocenters. The summed E-state index contributed by atoms with van der Waals surface area (Å²) in [5.41, 5.74) is 1.03. The summed E-state index contributed by atoms with van der Waals surface area (Å²) < 4.78 is 7.75. The maximum Gasteiger partial charge on any atom is 0.270 e. The highest BCUT2D eigenvalue weighted by atomic mass is 16.6. The van der Waals surface area contributed by atoms with Crippen LogP contribution in [-0.4, -0.2) is 34.4 Å². The quantitative estimate of drug-likeness (QED) is 0.644. The fourth-order valence-electron chi connectivity index (χ4n) is 3.12. The van der Waals surface area contributed by atoms with E-state index in [1.807, 2.05) is 4.68 Å². The number of aromatic nitrogens is 2. The van der Waals surface area contributed by atoms with E-state index in [0.29, 0.717) is 0 Å². The maximum atomic E-state index is 11.1. The molecule has 0 spiro atoms. The van der Waals surface area contributed by atoms with Gasteiger partial charge < -0.3 is 9.64 Å². The molecular weight excluding hydrogens is 284 g/mol. The number of fused-ring (bicyclic) bond motifs is 1. The summed E-state index contributed by atoms with van der Waals surface area (Å²) in [5.74, 6) is 0.846. The number of ether oxygens (including phenoxy) is 1. The maximum absolute atomic E-state index is 11.1. The lowest BCUT2D eigenvalue weighted by Crippen LogP contribution is -2.37. The van der Waals surface area contributed by atoms with Crippen LogP contribution in [0.25, 0.3) is 10.9 Å². The van der Waals surface area contributed by atoms with Gasteiger partial charge in [0.15, 0.2) is 12.0 Å². The van der Waals surface area contributed by atoms with E-state index in [1.165, 1.54) is 0 Å². The van der Waals surface area contributed by atoms with Crippen LogP contribution in [0, 0.1) is 10.1 Å². The van der Waals surface area contributed by atoms with E-state index in [4.69, 9.17) is 9.84 Å².